The number of hydrogen-bond acceptors (Lipinski definition) is 6. The van der Waals surface area contributed by atoms with E-state index in [1.54, 1.807) is 0 Å². The summed E-state index contributed by atoms with van der Waals surface area (Å²) in [6.45, 7) is 0. The van der Waals surface area contributed by atoms with E-state index in [1.807, 2.05) is 0 Å². The van der Waals surface area contributed by atoms with Gasteiger partial charge < -0.3 is 30.6 Å². The van der Waals surface area contributed by atoms with Crippen LogP contribution in [0.2, 0.25) is 0 Å². The summed E-state index contributed by atoms with van der Waals surface area (Å²) in [5.74, 6) is -10.6. The van der Waals surface area contributed by atoms with Crippen LogP contribution in [0.15, 0.2) is 42.5 Å². The Morgan fingerprint density at radius 2 is 0.929 bits per heavy atom. The van der Waals surface area contributed by atoms with Crippen LogP contribution in [0, 0.1) is 0 Å². The normalized spacial score (nSPS) is 13.3. The lowest BCUT2D eigenvalue weighted by Gasteiger charge is -2.29. The highest BCUT2D eigenvalue weighted by molar-refractivity contribution is 6.16. The van der Waals surface area contributed by atoms with Gasteiger partial charge in [0.2, 0.25) is 0 Å². The molecule has 1 fully saturated rings. The molecule has 1 aliphatic carbocycles. The zero-order valence-electron chi connectivity index (χ0n) is 21.8. The fourth-order valence-corrected chi connectivity index (χ4v) is 5.73. The van der Waals surface area contributed by atoms with Crippen LogP contribution in [-0.4, -0.2) is 66.5 Å². The molecule has 0 spiro atoms. The molecule has 0 bridgehead atoms. The summed E-state index contributed by atoms with van der Waals surface area (Å²) in [6, 6.07) is 7.85. The maximum absolute atomic E-state index is 12.7. The van der Waals surface area contributed by atoms with Crippen molar-refractivity contribution in [2.75, 3.05) is 0 Å². The lowest BCUT2D eigenvalue weighted by Crippen LogP contribution is -2.18. The highest BCUT2D eigenvalue weighted by atomic mass is 16.4. The van der Waals surface area contributed by atoms with Crippen LogP contribution < -0.4 is 0 Å². The summed E-state index contributed by atoms with van der Waals surface area (Å²) < 4.78 is 0. The highest BCUT2D eigenvalue weighted by Gasteiger charge is 2.35. The molecule has 0 radical (unpaired) electrons. The summed E-state index contributed by atoms with van der Waals surface area (Å²) in [5.41, 5.74) is -5.85. The number of carbonyl (C=O) groups is 6. The first-order chi connectivity index (χ1) is 19.9. The minimum atomic E-state index is -1.80. The maximum atomic E-state index is 12.7. The van der Waals surface area contributed by atoms with Gasteiger partial charge in [-0.1, -0.05) is 43.5 Å². The molecule has 216 valence electrons. The van der Waals surface area contributed by atoms with Crippen molar-refractivity contribution in [1.29, 1.82) is 0 Å². The van der Waals surface area contributed by atoms with E-state index < -0.39 is 86.2 Å². The summed E-state index contributed by atoms with van der Waals surface area (Å²) in [6.07, 6.45) is 3.27. The molecule has 4 rings (SSSR count). The fourth-order valence-electron chi connectivity index (χ4n) is 5.73. The van der Waals surface area contributed by atoms with Crippen molar-refractivity contribution in [3.8, 4) is 22.3 Å². The molecule has 0 heterocycles. The van der Waals surface area contributed by atoms with Gasteiger partial charge in [-0.2, -0.15) is 0 Å². The summed E-state index contributed by atoms with van der Waals surface area (Å²) in [5, 5.41) is 60.2. The van der Waals surface area contributed by atoms with Crippen LogP contribution in [0.5, 0.6) is 0 Å². The second-order valence-electron chi connectivity index (χ2n) is 9.76. The third kappa shape index (κ3) is 5.17. The van der Waals surface area contributed by atoms with Gasteiger partial charge in [-0.15, -0.1) is 0 Å². The van der Waals surface area contributed by atoms with E-state index in [2.05, 4.69) is 0 Å². The fraction of sp³-hybridized carbons (Fsp3) is 0.200. The Balaban J connectivity index is 2.38. The lowest BCUT2D eigenvalue weighted by molar-refractivity contribution is 0.0650. The number of carboxylic acid groups (broad SMARTS) is 6. The minimum Gasteiger partial charge on any atom is -0.478 e. The van der Waals surface area contributed by atoms with Gasteiger partial charge in [0.1, 0.15) is 0 Å². The van der Waals surface area contributed by atoms with Crippen LogP contribution in [0.25, 0.3) is 22.3 Å². The topological polar surface area (TPSA) is 224 Å². The second kappa shape index (κ2) is 11.5. The Morgan fingerprint density at radius 1 is 0.500 bits per heavy atom. The van der Waals surface area contributed by atoms with Crippen LogP contribution >= 0.6 is 0 Å². The van der Waals surface area contributed by atoms with E-state index in [0.29, 0.717) is 25.7 Å². The summed E-state index contributed by atoms with van der Waals surface area (Å²) in [7, 11) is 0. The second-order valence-corrected chi connectivity index (χ2v) is 9.76. The highest BCUT2D eigenvalue weighted by Crippen LogP contribution is 2.48. The van der Waals surface area contributed by atoms with E-state index >= 15 is 0 Å². The van der Waals surface area contributed by atoms with Crippen LogP contribution in [0.1, 0.15) is 106 Å². The molecule has 12 nitrogen and oxygen atoms in total. The third-order valence-electron chi connectivity index (χ3n) is 7.40. The zero-order chi connectivity index (χ0) is 30.9. The van der Waals surface area contributed by atoms with Gasteiger partial charge in [0.05, 0.1) is 33.4 Å². The lowest BCUT2D eigenvalue weighted by atomic mass is 9.74. The van der Waals surface area contributed by atoms with Crippen molar-refractivity contribution < 1.29 is 59.4 Å². The van der Waals surface area contributed by atoms with Crippen molar-refractivity contribution in [2.45, 2.75) is 38.0 Å². The maximum Gasteiger partial charge on any atom is 0.337 e. The molecular formula is C30H24O12. The van der Waals surface area contributed by atoms with Crippen LogP contribution in [0.4, 0.5) is 0 Å². The first-order valence-corrected chi connectivity index (χ1v) is 12.7. The average molecular weight is 577 g/mol. The van der Waals surface area contributed by atoms with Gasteiger partial charge in [-0.3, -0.25) is 0 Å². The van der Waals surface area contributed by atoms with E-state index in [1.165, 1.54) is 12.1 Å². The predicted molar refractivity (Wildman–Crippen MR) is 145 cm³/mol. The van der Waals surface area contributed by atoms with Crippen molar-refractivity contribution in [2.24, 2.45) is 0 Å². The molecule has 3 aromatic rings. The molecule has 6 N–H and O–H groups in total. The van der Waals surface area contributed by atoms with Crippen molar-refractivity contribution in [1.82, 2.24) is 0 Å². The monoisotopic (exact) mass is 576 g/mol. The van der Waals surface area contributed by atoms with Crippen LogP contribution in [0.3, 0.4) is 0 Å². The Bertz CT molecular complexity index is 1680. The van der Waals surface area contributed by atoms with Crippen LogP contribution in [-0.2, 0) is 0 Å². The minimum absolute atomic E-state index is 0.185. The number of carboxylic acids is 6. The molecule has 0 unspecified atom stereocenters. The zero-order valence-corrected chi connectivity index (χ0v) is 21.8. The molecule has 0 aliphatic heterocycles. The SMILES string of the molecule is O=C(O)c1cccc(-c2c(C3CCCCC3)cc(C(=O)O)c(C(=O)O)c2-c2cccc(C(=O)O)c2C(=O)O)c1C(=O)O. The van der Waals surface area contributed by atoms with Gasteiger partial charge >= 0.3 is 35.8 Å². The molecule has 3 aromatic carbocycles. The van der Waals surface area contributed by atoms with Gasteiger partial charge in [0.25, 0.3) is 0 Å². The van der Waals surface area contributed by atoms with Gasteiger partial charge in [-0.25, -0.2) is 28.8 Å². The standard InChI is InChI=1S/C30H24O12/c31-25(32)16-10-4-8-14(21(16)28(37)38)20-18(13-6-2-1-3-7-13)12-19(27(35)36)24(30(41)42)23(20)15-9-5-11-17(26(33)34)22(15)29(39)40/h4-5,8-13H,1-3,6-7H2,(H,31,32)(H,33,34)(H,35,36)(H,37,38)(H,39,40)(H,41,42). The molecule has 0 amide bonds. The number of rotatable bonds is 9. The van der Waals surface area contributed by atoms with Gasteiger partial charge in [-0.05, 0) is 59.2 Å². The molecular weight excluding hydrogens is 552 g/mol. The summed E-state index contributed by atoms with van der Waals surface area (Å²) >= 11 is 0. The van der Waals surface area contributed by atoms with Crippen molar-refractivity contribution >= 4 is 35.8 Å². The predicted octanol–water partition coefficient (Wildman–Crippen LogP) is 5.26. The molecule has 42 heavy (non-hydrogen) atoms. The number of hydrogen-bond donors (Lipinski definition) is 6. The Kier molecular flexibility index (Phi) is 8.09. The molecule has 12 heteroatoms. The quantitative estimate of drug-likeness (QED) is 0.192. The van der Waals surface area contributed by atoms with E-state index in [-0.39, 0.29) is 16.7 Å². The third-order valence-corrected chi connectivity index (χ3v) is 7.40. The number of benzene rings is 3. The molecule has 1 aliphatic rings. The average Bonchev–Trinajstić information content (AvgIpc) is 2.95. The first-order valence-electron chi connectivity index (χ1n) is 12.7. The van der Waals surface area contributed by atoms with Crippen molar-refractivity contribution in [3.63, 3.8) is 0 Å². The summed E-state index contributed by atoms with van der Waals surface area (Å²) in [4.78, 5) is 74.3. The van der Waals surface area contributed by atoms with Gasteiger partial charge in [0.15, 0.2) is 0 Å². The first kappa shape index (κ1) is 29.5. The van der Waals surface area contributed by atoms with Crippen molar-refractivity contribution in [3.05, 3.63) is 81.4 Å². The Hall–Kier alpha value is -5.52. The molecule has 1 saturated carbocycles. The molecule has 0 saturated heterocycles. The Labute approximate surface area is 237 Å². The largest absolute Gasteiger partial charge is 0.478 e. The Morgan fingerprint density at radius 3 is 1.33 bits per heavy atom. The van der Waals surface area contributed by atoms with E-state index in [0.717, 1.165) is 36.8 Å². The van der Waals surface area contributed by atoms with E-state index in [4.69, 9.17) is 0 Å². The smallest absolute Gasteiger partial charge is 0.337 e. The molecule has 0 atom stereocenters. The van der Waals surface area contributed by atoms with E-state index in [9.17, 15) is 59.4 Å². The van der Waals surface area contributed by atoms with Gasteiger partial charge in [0, 0.05) is 5.56 Å². The number of aromatic carboxylic acids is 6. The molecule has 0 aromatic heterocycles.